The number of benzene rings is 1. The quantitative estimate of drug-likeness (QED) is 0.777. The van der Waals surface area contributed by atoms with Crippen LogP contribution < -0.4 is 4.72 Å². The van der Waals surface area contributed by atoms with Crippen molar-refractivity contribution in [1.82, 2.24) is 4.72 Å². The number of hydrogen-bond acceptors (Lipinski definition) is 3. The molecule has 0 saturated heterocycles. The van der Waals surface area contributed by atoms with Crippen LogP contribution in [0.3, 0.4) is 0 Å². The summed E-state index contributed by atoms with van der Waals surface area (Å²) in [7, 11) is -3.73. The lowest BCUT2D eigenvalue weighted by atomic mass is 9.95. The number of aromatic carboxylic acids is 1. The fourth-order valence-electron chi connectivity index (χ4n) is 2.19. The van der Waals surface area contributed by atoms with Crippen molar-refractivity contribution >= 4 is 31.9 Å². The van der Waals surface area contributed by atoms with Gasteiger partial charge in [-0.1, -0.05) is 12.2 Å². The average Bonchev–Trinajstić information content (AvgIpc) is 2.46. The van der Waals surface area contributed by atoms with Crippen molar-refractivity contribution in [1.29, 1.82) is 0 Å². The zero-order valence-corrected chi connectivity index (χ0v) is 13.7. The highest BCUT2D eigenvalue weighted by molar-refractivity contribution is 9.10. The Balaban J connectivity index is 2.16. The Hall–Kier alpha value is -1.18. The van der Waals surface area contributed by atoms with Crippen LogP contribution in [0.1, 0.15) is 29.6 Å². The topological polar surface area (TPSA) is 83.5 Å². The van der Waals surface area contributed by atoms with Crippen LogP contribution in [-0.4, -0.2) is 26.0 Å². The van der Waals surface area contributed by atoms with Crippen molar-refractivity contribution in [2.45, 2.75) is 24.2 Å². The van der Waals surface area contributed by atoms with E-state index in [4.69, 9.17) is 5.11 Å². The van der Waals surface area contributed by atoms with Crippen molar-refractivity contribution in [3.8, 4) is 0 Å². The lowest BCUT2D eigenvalue weighted by Gasteiger charge is -2.18. The Morgan fingerprint density at radius 2 is 2.14 bits per heavy atom. The molecular formula is C14H16BrNO4S. The third-order valence-electron chi connectivity index (χ3n) is 3.41. The molecule has 1 aliphatic rings. The van der Waals surface area contributed by atoms with Crippen LogP contribution in [0, 0.1) is 5.92 Å². The first-order chi connectivity index (χ1) is 9.90. The maximum Gasteiger partial charge on any atom is 0.335 e. The second-order valence-corrected chi connectivity index (χ2v) is 7.54. The Morgan fingerprint density at radius 3 is 2.76 bits per heavy atom. The van der Waals surface area contributed by atoms with E-state index >= 15 is 0 Å². The highest BCUT2D eigenvalue weighted by Gasteiger charge is 2.21. The summed E-state index contributed by atoms with van der Waals surface area (Å²) in [5.41, 5.74) is -0.0563. The number of hydrogen-bond donors (Lipinski definition) is 2. The van der Waals surface area contributed by atoms with Gasteiger partial charge in [0.1, 0.15) is 0 Å². The first-order valence-corrected chi connectivity index (χ1v) is 8.85. The molecule has 1 aromatic rings. The molecule has 0 heterocycles. The predicted molar refractivity (Wildman–Crippen MR) is 82.8 cm³/mol. The number of nitrogens with one attached hydrogen (secondary N) is 1. The second kappa shape index (κ2) is 6.72. The molecule has 0 bridgehead atoms. The predicted octanol–water partition coefficient (Wildman–Crippen LogP) is 2.78. The van der Waals surface area contributed by atoms with E-state index in [1.54, 1.807) is 0 Å². The van der Waals surface area contributed by atoms with Gasteiger partial charge in [-0.05, 0) is 59.3 Å². The highest BCUT2D eigenvalue weighted by atomic mass is 79.9. The number of allylic oxidation sites excluding steroid dienone is 2. The number of sulfonamides is 1. The van der Waals surface area contributed by atoms with Gasteiger partial charge in [-0.2, -0.15) is 0 Å². The van der Waals surface area contributed by atoms with Gasteiger partial charge in [-0.25, -0.2) is 17.9 Å². The zero-order chi connectivity index (χ0) is 15.5. The van der Waals surface area contributed by atoms with Crippen LogP contribution in [-0.2, 0) is 10.0 Å². The third-order valence-corrected chi connectivity index (χ3v) is 5.82. The largest absolute Gasteiger partial charge is 0.478 e. The summed E-state index contributed by atoms with van der Waals surface area (Å²) in [6.45, 7) is 0.358. The lowest BCUT2D eigenvalue weighted by Crippen LogP contribution is -2.30. The number of carbonyl (C=O) groups is 1. The SMILES string of the molecule is O=C(O)c1ccc(Br)c(S(=O)(=O)NCC2CC=CCC2)c1. The molecule has 0 fully saturated rings. The minimum Gasteiger partial charge on any atom is -0.478 e. The van der Waals surface area contributed by atoms with Gasteiger partial charge in [0.15, 0.2) is 0 Å². The van der Waals surface area contributed by atoms with E-state index in [1.165, 1.54) is 12.1 Å². The van der Waals surface area contributed by atoms with Gasteiger partial charge >= 0.3 is 5.97 Å². The molecule has 2 N–H and O–H groups in total. The van der Waals surface area contributed by atoms with Crippen molar-refractivity contribution < 1.29 is 18.3 Å². The van der Waals surface area contributed by atoms with E-state index in [9.17, 15) is 13.2 Å². The molecule has 7 heteroatoms. The Labute approximate surface area is 132 Å². The fraction of sp³-hybridized carbons (Fsp3) is 0.357. The molecule has 0 spiro atoms. The fourth-order valence-corrected chi connectivity index (χ4v) is 4.29. The molecule has 1 unspecified atom stereocenters. The maximum absolute atomic E-state index is 12.3. The van der Waals surface area contributed by atoms with Crippen LogP contribution in [0.25, 0.3) is 0 Å². The molecule has 0 aromatic heterocycles. The van der Waals surface area contributed by atoms with Crippen LogP contribution in [0.5, 0.6) is 0 Å². The van der Waals surface area contributed by atoms with Gasteiger partial charge in [0.25, 0.3) is 0 Å². The molecule has 1 aliphatic carbocycles. The standard InChI is InChI=1S/C14H16BrNO4S/c15-12-7-6-11(14(17)18)8-13(12)21(19,20)16-9-10-4-2-1-3-5-10/h1-2,6-8,10,16H,3-5,9H2,(H,17,18). The van der Waals surface area contributed by atoms with Crippen molar-refractivity contribution in [2.75, 3.05) is 6.54 Å². The Kier molecular flexibility index (Phi) is 5.18. The minimum absolute atomic E-state index is 0.0475. The van der Waals surface area contributed by atoms with Gasteiger partial charge in [-0.15, -0.1) is 0 Å². The summed E-state index contributed by atoms with van der Waals surface area (Å²) in [4.78, 5) is 10.9. The Morgan fingerprint density at radius 1 is 1.38 bits per heavy atom. The molecule has 0 saturated carbocycles. The summed E-state index contributed by atoms with van der Waals surface area (Å²) < 4.78 is 27.6. The molecule has 0 radical (unpaired) electrons. The first kappa shape index (κ1) is 16.2. The monoisotopic (exact) mass is 373 g/mol. The van der Waals surface area contributed by atoms with Gasteiger partial charge in [0, 0.05) is 11.0 Å². The van der Waals surface area contributed by atoms with E-state index in [0.717, 1.165) is 25.3 Å². The van der Waals surface area contributed by atoms with Crippen molar-refractivity contribution in [3.05, 3.63) is 40.4 Å². The molecular weight excluding hydrogens is 358 g/mol. The normalized spacial score (nSPS) is 18.6. The van der Waals surface area contributed by atoms with Crippen LogP contribution in [0.2, 0.25) is 0 Å². The van der Waals surface area contributed by atoms with Crippen LogP contribution in [0.15, 0.2) is 39.7 Å². The highest BCUT2D eigenvalue weighted by Crippen LogP contribution is 2.24. The number of carboxylic acids is 1. The van der Waals surface area contributed by atoms with E-state index in [2.05, 4.69) is 32.8 Å². The lowest BCUT2D eigenvalue weighted by molar-refractivity contribution is 0.0696. The van der Waals surface area contributed by atoms with Gasteiger partial charge < -0.3 is 5.11 Å². The first-order valence-electron chi connectivity index (χ1n) is 6.57. The average molecular weight is 374 g/mol. The smallest absolute Gasteiger partial charge is 0.335 e. The van der Waals surface area contributed by atoms with Gasteiger partial charge in [0.05, 0.1) is 10.5 Å². The molecule has 0 aliphatic heterocycles. The summed E-state index contributed by atoms with van der Waals surface area (Å²) in [6, 6.07) is 3.95. The third kappa shape index (κ3) is 4.15. The summed E-state index contributed by atoms with van der Waals surface area (Å²) in [5.74, 6) is -0.873. The molecule has 5 nitrogen and oxygen atoms in total. The maximum atomic E-state index is 12.3. The van der Waals surface area contributed by atoms with Gasteiger partial charge in [0.2, 0.25) is 10.0 Å². The molecule has 0 amide bonds. The number of rotatable bonds is 5. The molecule has 1 atom stereocenters. The van der Waals surface area contributed by atoms with Gasteiger partial charge in [-0.3, -0.25) is 0 Å². The number of halogens is 1. The van der Waals surface area contributed by atoms with Crippen LogP contribution >= 0.6 is 15.9 Å². The van der Waals surface area contributed by atoms with E-state index in [1.807, 2.05) is 0 Å². The molecule has 2 rings (SSSR count). The molecule has 114 valence electrons. The van der Waals surface area contributed by atoms with E-state index < -0.39 is 16.0 Å². The summed E-state index contributed by atoms with van der Waals surface area (Å²) in [6.07, 6.45) is 6.93. The summed E-state index contributed by atoms with van der Waals surface area (Å²) in [5, 5.41) is 8.96. The van der Waals surface area contributed by atoms with Crippen molar-refractivity contribution in [2.24, 2.45) is 5.92 Å². The van der Waals surface area contributed by atoms with E-state index in [0.29, 0.717) is 11.0 Å². The summed E-state index contributed by atoms with van der Waals surface area (Å²) >= 11 is 3.16. The van der Waals surface area contributed by atoms with E-state index in [-0.39, 0.29) is 16.4 Å². The Bertz CT molecular complexity index is 670. The zero-order valence-electron chi connectivity index (χ0n) is 11.3. The second-order valence-electron chi connectivity index (χ2n) is 4.95. The number of carboxylic acid groups (broad SMARTS) is 1. The molecule has 1 aromatic carbocycles. The molecule has 21 heavy (non-hydrogen) atoms. The minimum atomic E-state index is -3.73. The van der Waals surface area contributed by atoms with Crippen molar-refractivity contribution in [3.63, 3.8) is 0 Å². The van der Waals surface area contributed by atoms with Crippen LogP contribution in [0.4, 0.5) is 0 Å².